The number of nitrogens with zero attached hydrogens (tertiary/aromatic N) is 6. The lowest BCUT2D eigenvalue weighted by molar-refractivity contribution is -0.128. The lowest BCUT2D eigenvalue weighted by Gasteiger charge is -2.16. The average molecular weight is 450 g/mol. The Bertz CT molecular complexity index is 1220. The third kappa shape index (κ3) is 4.26. The molecule has 0 aliphatic carbocycles. The monoisotopic (exact) mass is 450 g/mol. The predicted octanol–water partition coefficient (Wildman–Crippen LogP) is 3.87. The molecular weight excluding hydrogens is 431 g/mol. The summed E-state index contributed by atoms with van der Waals surface area (Å²) in [4.78, 5) is 22.8. The first-order valence-corrected chi connectivity index (χ1v) is 11.1. The normalized spacial score (nSPS) is 13.8. The van der Waals surface area contributed by atoms with Gasteiger partial charge < -0.3 is 9.32 Å². The fraction of sp³-hybridized carbons (Fsp3) is 0.227. The van der Waals surface area contributed by atoms with Gasteiger partial charge in [0.15, 0.2) is 11.0 Å². The van der Waals surface area contributed by atoms with E-state index in [0.717, 1.165) is 18.7 Å². The van der Waals surface area contributed by atoms with Crippen molar-refractivity contribution in [3.8, 4) is 17.3 Å². The Labute approximate surface area is 187 Å². The molecule has 8 nitrogen and oxygen atoms in total. The second-order valence-corrected chi connectivity index (χ2v) is 8.22. The van der Waals surface area contributed by atoms with E-state index in [0.29, 0.717) is 47.0 Å². The molecule has 5 rings (SSSR count). The number of thioether (sulfide) groups is 1. The first kappa shape index (κ1) is 20.4. The summed E-state index contributed by atoms with van der Waals surface area (Å²) in [5, 5.41) is 9.34. The van der Waals surface area contributed by atoms with Gasteiger partial charge in [-0.25, -0.2) is 14.4 Å². The predicted molar refractivity (Wildman–Crippen MR) is 115 cm³/mol. The number of aromatic nitrogens is 5. The van der Waals surface area contributed by atoms with E-state index in [1.54, 1.807) is 29.5 Å². The van der Waals surface area contributed by atoms with Crippen molar-refractivity contribution in [3.05, 3.63) is 72.3 Å². The summed E-state index contributed by atoms with van der Waals surface area (Å²) < 4.78 is 20.6. The van der Waals surface area contributed by atoms with E-state index in [-0.39, 0.29) is 11.7 Å². The fourth-order valence-corrected chi connectivity index (χ4v) is 4.33. The number of likely N-dealkylation sites (tertiary alicyclic amines) is 1. The number of benzene rings is 1. The molecule has 1 fully saturated rings. The summed E-state index contributed by atoms with van der Waals surface area (Å²) >= 11 is 1.45. The van der Waals surface area contributed by atoms with Crippen LogP contribution < -0.4 is 0 Å². The first-order chi connectivity index (χ1) is 15.7. The number of rotatable bonds is 7. The second-order valence-electron chi connectivity index (χ2n) is 7.28. The van der Waals surface area contributed by atoms with Gasteiger partial charge in [0.2, 0.25) is 11.8 Å². The minimum atomic E-state index is -0.309. The third-order valence-electron chi connectivity index (χ3n) is 5.07. The zero-order valence-corrected chi connectivity index (χ0v) is 17.8. The van der Waals surface area contributed by atoms with Crippen LogP contribution in [0.4, 0.5) is 4.39 Å². The summed E-state index contributed by atoms with van der Waals surface area (Å²) in [5.41, 5.74) is 1.43. The van der Waals surface area contributed by atoms with Crippen LogP contribution in [0.2, 0.25) is 0 Å². The zero-order valence-electron chi connectivity index (χ0n) is 17.0. The largest absolute Gasteiger partial charge is 0.444 e. The molecule has 1 amide bonds. The van der Waals surface area contributed by atoms with Crippen LogP contribution in [0.5, 0.6) is 0 Å². The van der Waals surface area contributed by atoms with Gasteiger partial charge >= 0.3 is 0 Å². The molecule has 32 heavy (non-hydrogen) atoms. The number of hydrogen-bond acceptors (Lipinski definition) is 7. The van der Waals surface area contributed by atoms with E-state index in [2.05, 4.69) is 20.2 Å². The van der Waals surface area contributed by atoms with Crippen LogP contribution in [-0.4, -0.2) is 42.1 Å². The number of oxazole rings is 1. The number of carbonyl (C=O) groups is 1. The minimum Gasteiger partial charge on any atom is -0.444 e. The van der Waals surface area contributed by atoms with Gasteiger partial charge in [-0.2, -0.15) is 0 Å². The van der Waals surface area contributed by atoms with E-state index in [1.165, 1.54) is 23.9 Å². The summed E-state index contributed by atoms with van der Waals surface area (Å²) in [7, 11) is 0. The molecule has 0 bridgehead atoms. The van der Waals surface area contributed by atoms with Crippen LogP contribution in [0, 0.1) is 5.82 Å². The second kappa shape index (κ2) is 8.91. The van der Waals surface area contributed by atoms with E-state index < -0.39 is 0 Å². The van der Waals surface area contributed by atoms with Crippen LogP contribution >= 0.6 is 11.8 Å². The highest BCUT2D eigenvalue weighted by Crippen LogP contribution is 2.27. The van der Waals surface area contributed by atoms with Crippen molar-refractivity contribution in [1.82, 2.24) is 29.6 Å². The van der Waals surface area contributed by atoms with Crippen LogP contribution in [0.1, 0.15) is 24.4 Å². The molecule has 3 aromatic heterocycles. The van der Waals surface area contributed by atoms with Crippen molar-refractivity contribution in [3.63, 3.8) is 0 Å². The maximum Gasteiger partial charge on any atom is 0.226 e. The first-order valence-electron chi connectivity index (χ1n) is 10.1. The highest BCUT2D eigenvalue weighted by atomic mass is 32.2. The quantitative estimate of drug-likeness (QED) is 0.395. The van der Waals surface area contributed by atoms with Crippen molar-refractivity contribution >= 4 is 17.7 Å². The molecule has 1 aliphatic heterocycles. The van der Waals surface area contributed by atoms with Gasteiger partial charge in [-0.3, -0.25) is 9.36 Å². The van der Waals surface area contributed by atoms with Gasteiger partial charge in [-0.1, -0.05) is 17.8 Å². The molecule has 162 valence electrons. The Kier molecular flexibility index (Phi) is 5.68. The number of carbonyl (C=O) groups excluding carboxylic acids is 1. The van der Waals surface area contributed by atoms with Crippen LogP contribution in [0.15, 0.2) is 64.5 Å². The van der Waals surface area contributed by atoms with Gasteiger partial charge in [0, 0.05) is 30.5 Å². The average Bonchev–Trinajstić information content (AvgIpc) is 3.54. The highest BCUT2D eigenvalue weighted by molar-refractivity contribution is 7.98. The molecular formula is C22H19FN6O2S. The van der Waals surface area contributed by atoms with Gasteiger partial charge in [0.1, 0.15) is 17.9 Å². The molecule has 0 saturated carbocycles. The summed E-state index contributed by atoms with van der Waals surface area (Å²) in [5.74, 6) is 2.10. The van der Waals surface area contributed by atoms with Crippen molar-refractivity contribution in [2.24, 2.45) is 0 Å². The van der Waals surface area contributed by atoms with E-state index in [1.807, 2.05) is 22.8 Å². The SMILES string of the molecule is O=C1CCCN1Cc1nnc(SCc2coc(-c3ccc(F)cc3)n2)n1-c1ccccn1. The molecule has 4 aromatic rings. The molecule has 0 unspecified atom stereocenters. The van der Waals surface area contributed by atoms with Crippen molar-refractivity contribution in [2.75, 3.05) is 6.54 Å². The Hall–Kier alpha value is -3.53. The van der Waals surface area contributed by atoms with Crippen molar-refractivity contribution in [2.45, 2.75) is 30.3 Å². The molecule has 0 spiro atoms. The third-order valence-corrected chi connectivity index (χ3v) is 6.04. The van der Waals surface area contributed by atoms with E-state index >= 15 is 0 Å². The van der Waals surface area contributed by atoms with E-state index in [9.17, 15) is 9.18 Å². The van der Waals surface area contributed by atoms with Gasteiger partial charge in [-0.15, -0.1) is 10.2 Å². The van der Waals surface area contributed by atoms with Crippen LogP contribution in [0.3, 0.4) is 0 Å². The molecule has 10 heteroatoms. The topological polar surface area (TPSA) is 89.9 Å². The van der Waals surface area contributed by atoms with Crippen molar-refractivity contribution < 1.29 is 13.6 Å². The summed E-state index contributed by atoms with van der Waals surface area (Å²) in [6.07, 6.45) is 4.72. The number of halogens is 1. The molecule has 1 aromatic carbocycles. The number of pyridine rings is 1. The molecule has 1 saturated heterocycles. The van der Waals surface area contributed by atoms with Crippen LogP contribution in [-0.2, 0) is 17.1 Å². The van der Waals surface area contributed by atoms with E-state index in [4.69, 9.17) is 4.42 Å². The lowest BCUT2D eigenvalue weighted by atomic mass is 10.2. The minimum absolute atomic E-state index is 0.130. The molecule has 4 heterocycles. The Morgan fingerprint density at radius 2 is 2.00 bits per heavy atom. The Morgan fingerprint density at radius 1 is 1.12 bits per heavy atom. The maximum absolute atomic E-state index is 13.1. The molecule has 0 N–H and O–H groups in total. The van der Waals surface area contributed by atoms with Crippen molar-refractivity contribution in [1.29, 1.82) is 0 Å². The lowest BCUT2D eigenvalue weighted by Crippen LogP contribution is -2.25. The van der Waals surface area contributed by atoms with Gasteiger partial charge in [-0.05, 0) is 42.8 Å². The molecule has 0 radical (unpaired) electrons. The summed E-state index contributed by atoms with van der Waals surface area (Å²) in [6, 6.07) is 11.6. The number of amides is 1. The maximum atomic E-state index is 13.1. The summed E-state index contributed by atoms with van der Waals surface area (Å²) in [6.45, 7) is 1.11. The zero-order chi connectivity index (χ0) is 21.9. The fourth-order valence-electron chi connectivity index (χ4n) is 3.49. The Balaban J connectivity index is 1.37. The molecule has 0 atom stereocenters. The van der Waals surface area contributed by atoms with Gasteiger partial charge in [0.25, 0.3) is 0 Å². The van der Waals surface area contributed by atoms with Gasteiger partial charge in [0.05, 0.1) is 12.2 Å². The molecule has 1 aliphatic rings. The highest BCUT2D eigenvalue weighted by Gasteiger charge is 2.24. The number of hydrogen-bond donors (Lipinski definition) is 0. The smallest absolute Gasteiger partial charge is 0.226 e. The standard InChI is InChI=1S/C22H19FN6O2S/c23-16-8-6-15(7-9-16)21-25-17(13-31-21)14-32-22-27-26-19(12-28-11-3-5-20(28)30)29(22)18-4-1-2-10-24-18/h1-2,4,6-10,13H,3,5,11-12,14H2. The Morgan fingerprint density at radius 3 is 2.75 bits per heavy atom. The van der Waals surface area contributed by atoms with Crippen LogP contribution in [0.25, 0.3) is 17.3 Å².